The number of methoxy groups -OCH3 is 1. The van der Waals surface area contributed by atoms with Crippen LogP contribution in [0.4, 0.5) is 16.2 Å². The molecule has 0 aromatic heterocycles. The Morgan fingerprint density at radius 1 is 1.32 bits per heavy atom. The summed E-state index contributed by atoms with van der Waals surface area (Å²) in [7, 11) is 1.54. The largest absolute Gasteiger partial charge is 0.494 e. The SMILES string of the molecule is COc1cc(NC(=O)OC(C)(C)C)ccc1N1CCCC1=O. The maximum absolute atomic E-state index is 11.8. The Kier molecular flexibility index (Phi) is 4.59. The molecule has 1 heterocycles. The van der Waals surface area contributed by atoms with Crippen LogP contribution in [0.2, 0.25) is 0 Å². The van der Waals surface area contributed by atoms with E-state index in [0.717, 1.165) is 12.1 Å². The Balaban J connectivity index is 2.15. The van der Waals surface area contributed by atoms with Gasteiger partial charge in [-0.25, -0.2) is 4.79 Å². The van der Waals surface area contributed by atoms with Crippen molar-refractivity contribution in [3.8, 4) is 5.75 Å². The van der Waals surface area contributed by atoms with E-state index >= 15 is 0 Å². The number of ether oxygens (including phenoxy) is 2. The number of nitrogens with zero attached hydrogens (tertiary/aromatic N) is 1. The Labute approximate surface area is 130 Å². The first-order chi connectivity index (χ1) is 10.3. The molecule has 1 fully saturated rings. The Morgan fingerprint density at radius 3 is 2.59 bits per heavy atom. The van der Waals surface area contributed by atoms with Crippen molar-refractivity contribution >= 4 is 23.4 Å². The maximum Gasteiger partial charge on any atom is 0.412 e. The van der Waals surface area contributed by atoms with E-state index in [0.29, 0.717) is 24.4 Å². The minimum absolute atomic E-state index is 0.0890. The van der Waals surface area contributed by atoms with Crippen molar-refractivity contribution in [1.82, 2.24) is 0 Å². The van der Waals surface area contributed by atoms with E-state index in [-0.39, 0.29) is 5.91 Å². The van der Waals surface area contributed by atoms with Gasteiger partial charge in [-0.3, -0.25) is 10.1 Å². The average Bonchev–Trinajstić information content (AvgIpc) is 2.82. The van der Waals surface area contributed by atoms with Gasteiger partial charge >= 0.3 is 6.09 Å². The van der Waals surface area contributed by atoms with Crippen LogP contribution >= 0.6 is 0 Å². The number of rotatable bonds is 3. The summed E-state index contributed by atoms with van der Waals surface area (Å²) in [5.74, 6) is 0.634. The van der Waals surface area contributed by atoms with Gasteiger partial charge in [0.25, 0.3) is 0 Å². The van der Waals surface area contributed by atoms with E-state index < -0.39 is 11.7 Å². The lowest BCUT2D eigenvalue weighted by Crippen LogP contribution is -2.27. The smallest absolute Gasteiger partial charge is 0.412 e. The van der Waals surface area contributed by atoms with Crippen molar-refractivity contribution in [3.05, 3.63) is 18.2 Å². The topological polar surface area (TPSA) is 67.9 Å². The van der Waals surface area contributed by atoms with Crippen molar-refractivity contribution in [2.24, 2.45) is 0 Å². The molecule has 1 aromatic carbocycles. The first-order valence-corrected chi connectivity index (χ1v) is 7.28. The van der Waals surface area contributed by atoms with Crippen LogP contribution in [0.3, 0.4) is 0 Å². The summed E-state index contributed by atoms with van der Waals surface area (Å²) in [5, 5.41) is 2.66. The lowest BCUT2D eigenvalue weighted by atomic mass is 10.2. The molecule has 1 aliphatic rings. The summed E-state index contributed by atoms with van der Waals surface area (Å²) < 4.78 is 10.6. The van der Waals surface area contributed by atoms with Gasteiger partial charge in [0.05, 0.1) is 12.8 Å². The summed E-state index contributed by atoms with van der Waals surface area (Å²) in [6.07, 6.45) is 0.876. The van der Waals surface area contributed by atoms with E-state index in [1.54, 1.807) is 43.9 Å². The monoisotopic (exact) mass is 306 g/mol. The second-order valence-electron chi connectivity index (χ2n) is 6.16. The van der Waals surface area contributed by atoms with Gasteiger partial charge in [-0.1, -0.05) is 0 Å². The molecule has 22 heavy (non-hydrogen) atoms. The molecule has 2 amide bonds. The van der Waals surface area contributed by atoms with Gasteiger partial charge in [-0.05, 0) is 39.3 Å². The highest BCUT2D eigenvalue weighted by molar-refractivity contribution is 5.97. The number of anilines is 2. The van der Waals surface area contributed by atoms with Crippen LogP contribution in [0.15, 0.2) is 18.2 Å². The molecule has 0 spiro atoms. The van der Waals surface area contributed by atoms with E-state index in [9.17, 15) is 9.59 Å². The molecule has 120 valence electrons. The predicted molar refractivity (Wildman–Crippen MR) is 84.4 cm³/mol. The molecular weight excluding hydrogens is 284 g/mol. The third-order valence-corrected chi connectivity index (χ3v) is 3.19. The van der Waals surface area contributed by atoms with E-state index in [2.05, 4.69) is 5.32 Å². The van der Waals surface area contributed by atoms with Crippen LogP contribution in [0.1, 0.15) is 33.6 Å². The molecule has 1 N–H and O–H groups in total. The number of hydrogen-bond donors (Lipinski definition) is 1. The molecule has 2 rings (SSSR count). The molecule has 0 bridgehead atoms. The Hall–Kier alpha value is -2.24. The first-order valence-electron chi connectivity index (χ1n) is 7.28. The fourth-order valence-electron chi connectivity index (χ4n) is 2.30. The summed E-state index contributed by atoms with van der Waals surface area (Å²) in [6, 6.07) is 5.19. The number of benzene rings is 1. The van der Waals surface area contributed by atoms with E-state index in [1.165, 1.54) is 7.11 Å². The highest BCUT2D eigenvalue weighted by Gasteiger charge is 2.25. The van der Waals surface area contributed by atoms with Crippen LogP contribution < -0.4 is 15.0 Å². The highest BCUT2D eigenvalue weighted by atomic mass is 16.6. The third-order valence-electron chi connectivity index (χ3n) is 3.19. The van der Waals surface area contributed by atoms with Gasteiger partial charge in [0, 0.05) is 24.7 Å². The zero-order valence-corrected chi connectivity index (χ0v) is 13.4. The van der Waals surface area contributed by atoms with Gasteiger partial charge in [-0.2, -0.15) is 0 Å². The van der Waals surface area contributed by atoms with Crippen LogP contribution in [-0.2, 0) is 9.53 Å². The Morgan fingerprint density at radius 2 is 2.05 bits per heavy atom. The zero-order chi connectivity index (χ0) is 16.3. The summed E-state index contributed by atoms with van der Waals surface area (Å²) >= 11 is 0. The fourth-order valence-corrected chi connectivity index (χ4v) is 2.30. The number of carbonyl (C=O) groups is 2. The molecule has 0 radical (unpaired) electrons. The van der Waals surface area contributed by atoms with Crippen molar-refractivity contribution in [2.75, 3.05) is 23.9 Å². The average molecular weight is 306 g/mol. The van der Waals surface area contributed by atoms with Gasteiger partial charge in [0.15, 0.2) is 0 Å². The number of carbonyl (C=O) groups excluding carboxylic acids is 2. The van der Waals surface area contributed by atoms with Crippen molar-refractivity contribution in [1.29, 1.82) is 0 Å². The number of hydrogen-bond acceptors (Lipinski definition) is 4. The molecule has 6 heteroatoms. The lowest BCUT2D eigenvalue weighted by Gasteiger charge is -2.21. The van der Waals surface area contributed by atoms with E-state index in [4.69, 9.17) is 9.47 Å². The zero-order valence-electron chi connectivity index (χ0n) is 13.4. The Bertz CT molecular complexity index is 578. The lowest BCUT2D eigenvalue weighted by molar-refractivity contribution is -0.117. The molecule has 1 aromatic rings. The molecule has 0 aliphatic carbocycles. The molecule has 1 saturated heterocycles. The standard InChI is InChI=1S/C16H22N2O4/c1-16(2,3)22-15(20)17-11-7-8-12(13(10-11)21-4)18-9-5-6-14(18)19/h7-8,10H,5-6,9H2,1-4H3,(H,17,20). The fraction of sp³-hybridized carbons (Fsp3) is 0.500. The normalized spacial score (nSPS) is 14.9. The molecule has 1 aliphatic heterocycles. The molecule has 0 atom stereocenters. The highest BCUT2D eigenvalue weighted by Crippen LogP contribution is 2.33. The maximum atomic E-state index is 11.8. The second-order valence-corrected chi connectivity index (χ2v) is 6.16. The van der Waals surface area contributed by atoms with Crippen molar-refractivity contribution < 1.29 is 19.1 Å². The van der Waals surface area contributed by atoms with E-state index in [1.807, 2.05) is 0 Å². The quantitative estimate of drug-likeness (QED) is 0.931. The second kappa shape index (κ2) is 6.25. The van der Waals surface area contributed by atoms with Gasteiger partial charge < -0.3 is 14.4 Å². The summed E-state index contributed by atoms with van der Waals surface area (Å²) in [5.41, 5.74) is 0.719. The van der Waals surface area contributed by atoms with Crippen LogP contribution in [-0.4, -0.2) is 31.3 Å². The van der Waals surface area contributed by atoms with Gasteiger partial charge in [0.2, 0.25) is 5.91 Å². The summed E-state index contributed by atoms with van der Waals surface area (Å²) in [4.78, 5) is 25.3. The third kappa shape index (κ3) is 3.90. The predicted octanol–water partition coefficient (Wildman–Crippen LogP) is 3.17. The minimum Gasteiger partial charge on any atom is -0.494 e. The van der Waals surface area contributed by atoms with Gasteiger partial charge in [0.1, 0.15) is 11.4 Å². The van der Waals surface area contributed by atoms with Crippen molar-refractivity contribution in [3.63, 3.8) is 0 Å². The number of nitrogens with one attached hydrogen (secondary N) is 1. The number of amides is 2. The molecule has 6 nitrogen and oxygen atoms in total. The van der Waals surface area contributed by atoms with Crippen molar-refractivity contribution in [2.45, 2.75) is 39.2 Å². The minimum atomic E-state index is -0.559. The van der Waals surface area contributed by atoms with Crippen LogP contribution in [0.5, 0.6) is 5.75 Å². The van der Waals surface area contributed by atoms with Crippen LogP contribution in [0.25, 0.3) is 0 Å². The molecule has 0 saturated carbocycles. The molecule has 0 unspecified atom stereocenters. The summed E-state index contributed by atoms with van der Waals surface area (Å²) in [6.45, 7) is 6.09. The van der Waals surface area contributed by atoms with Gasteiger partial charge in [-0.15, -0.1) is 0 Å². The first kappa shape index (κ1) is 16.1. The molecular formula is C16H22N2O4. The van der Waals surface area contributed by atoms with Crippen LogP contribution in [0, 0.1) is 0 Å².